The van der Waals surface area contributed by atoms with E-state index >= 15 is 0 Å². The Morgan fingerprint density at radius 1 is 1.22 bits per heavy atom. The van der Waals surface area contributed by atoms with Crippen LogP contribution in [0, 0.1) is 11.8 Å². The van der Waals surface area contributed by atoms with Crippen LogP contribution < -0.4 is 14.2 Å². The van der Waals surface area contributed by atoms with Crippen LogP contribution in [-0.4, -0.2) is 34.9 Å². The summed E-state index contributed by atoms with van der Waals surface area (Å²) in [5.41, 5.74) is 0. The van der Waals surface area contributed by atoms with E-state index in [2.05, 4.69) is 16.6 Å². The van der Waals surface area contributed by atoms with Crippen LogP contribution >= 0.6 is 0 Å². The molecular formula is C12H15NO4S. The number of sulfonamides is 1. The van der Waals surface area contributed by atoms with Crippen molar-refractivity contribution in [3.8, 4) is 23.3 Å². The van der Waals surface area contributed by atoms with Gasteiger partial charge in [0.2, 0.25) is 10.0 Å². The third-order valence-corrected chi connectivity index (χ3v) is 2.59. The minimum atomic E-state index is -3.19. The highest BCUT2D eigenvalue weighted by Gasteiger charge is 2.00. The van der Waals surface area contributed by atoms with Gasteiger partial charge in [0.15, 0.2) is 11.5 Å². The van der Waals surface area contributed by atoms with Gasteiger partial charge in [-0.15, -0.1) is 0 Å². The molecule has 0 fully saturated rings. The summed E-state index contributed by atoms with van der Waals surface area (Å²) in [6.45, 7) is 0.250. The number of benzene rings is 1. The summed E-state index contributed by atoms with van der Waals surface area (Å²) in [7, 11) is -1.63. The first-order valence-electron chi connectivity index (χ1n) is 5.19. The second kappa shape index (κ2) is 6.89. The molecule has 0 unspecified atom stereocenters. The molecule has 5 nitrogen and oxygen atoms in total. The van der Waals surface area contributed by atoms with Crippen LogP contribution in [0.3, 0.4) is 0 Å². The highest BCUT2D eigenvalue weighted by atomic mass is 32.2. The molecule has 0 bridgehead atoms. The van der Waals surface area contributed by atoms with Gasteiger partial charge in [0, 0.05) is 0 Å². The SMILES string of the molecule is COc1ccccc1OCC#CCNS(C)(=O)=O. The molecule has 6 heteroatoms. The first kappa shape index (κ1) is 14.4. The van der Waals surface area contributed by atoms with Crippen LogP contribution in [0.5, 0.6) is 11.5 Å². The zero-order valence-electron chi connectivity index (χ0n) is 10.3. The van der Waals surface area contributed by atoms with Crippen LogP contribution in [0.1, 0.15) is 0 Å². The number of ether oxygens (including phenoxy) is 2. The molecule has 0 atom stereocenters. The van der Waals surface area contributed by atoms with Crippen LogP contribution in [0.25, 0.3) is 0 Å². The smallest absolute Gasteiger partial charge is 0.209 e. The third-order valence-electron chi connectivity index (χ3n) is 1.92. The molecule has 0 aliphatic carbocycles. The average molecular weight is 269 g/mol. The Morgan fingerprint density at radius 2 is 1.89 bits per heavy atom. The zero-order valence-corrected chi connectivity index (χ0v) is 11.1. The van der Waals surface area contributed by atoms with Crippen molar-refractivity contribution in [3.05, 3.63) is 24.3 Å². The molecule has 0 amide bonds. The van der Waals surface area contributed by atoms with Crippen LogP contribution in [0.15, 0.2) is 24.3 Å². The lowest BCUT2D eigenvalue weighted by Gasteiger charge is -2.07. The zero-order chi connectivity index (χ0) is 13.4. The monoisotopic (exact) mass is 269 g/mol. The predicted molar refractivity (Wildman–Crippen MR) is 69.1 cm³/mol. The minimum absolute atomic E-state index is 0.0775. The van der Waals surface area contributed by atoms with Crippen LogP contribution in [0.2, 0.25) is 0 Å². The number of para-hydroxylation sites is 2. The largest absolute Gasteiger partial charge is 0.493 e. The quantitative estimate of drug-likeness (QED) is 0.796. The van der Waals surface area contributed by atoms with Gasteiger partial charge in [-0.1, -0.05) is 24.0 Å². The van der Waals surface area contributed by atoms with Gasteiger partial charge in [0.25, 0.3) is 0 Å². The van der Waals surface area contributed by atoms with Crippen molar-refractivity contribution in [3.63, 3.8) is 0 Å². The first-order chi connectivity index (χ1) is 8.53. The van der Waals surface area contributed by atoms with Gasteiger partial charge in [0.05, 0.1) is 19.9 Å². The summed E-state index contributed by atoms with van der Waals surface area (Å²) < 4.78 is 34.2. The van der Waals surface area contributed by atoms with Crippen molar-refractivity contribution in [1.29, 1.82) is 0 Å². The van der Waals surface area contributed by atoms with Crippen molar-refractivity contribution in [2.24, 2.45) is 0 Å². The minimum Gasteiger partial charge on any atom is -0.493 e. The molecule has 0 heterocycles. The number of methoxy groups -OCH3 is 1. The van der Waals surface area contributed by atoms with Gasteiger partial charge < -0.3 is 9.47 Å². The summed E-state index contributed by atoms with van der Waals surface area (Å²) >= 11 is 0. The lowest BCUT2D eigenvalue weighted by molar-refractivity contribution is 0.331. The molecule has 0 radical (unpaired) electrons. The maximum atomic E-state index is 10.7. The fraction of sp³-hybridized carbons (Fsp3) is 0.333. The number of rotatable bonds is 5. The molecule has 0 aliphatic heterocycles. The lowest BCUT2D eigenvalue weighted by atomic mass is 10.3. The van der Waals surface area contributed by atoms with E-state index in [1.54, 1.807) is 19.2 Å². The predicted octanol–water partition coefficient (Wildman–Crippen LogP) is 0.627. The highest BCUT2D eigenvalue weighted by Crippen LogP contribution is 2.25. The van der Waals surface area contributed by atoms with Gasteiger partial charge in [-0.25, -0.2) is 13.1 Å². The maximum absolute atomic E-state index is 10.7. The second-order valence-electron chi connectivity index (χ2n) is 3.39. The molecule has 0 aliphatic rings. The van der Waals surface area contributed by atoms with Crippen LogP contribution in [0.4, 0.5) is 0 Å². The van der Waals surface area contributed by atoms with Crippen molar-refractivity contribution in [2.75, 3.05) is 26.5 Å². The number of hydrogen-bond acceptors (Lipinski definition) is 4. The Labute approximate surface area is 107 Å². The summed E-state index contributed by atoms with van der Waals surface area (Å²) in [4.78, 5) is 0. The molecule has 18 heavy (non-hydrogen) atoms. The molecule has 0 saturated heterocycles. The molecule has 98 valence electrons. The normalized spacial score (nSPS) is 10.3. The van der Waals surface area contributed by atoms with E-state index in [0.717, 1.165) is 6.26 Å². The van der Waals surface area contributed by atoms with Gasteiger partial charge >= 0.3 is 0 Å². The van der Waals surface area contributed by atoms with E-state index in [1.807, 2.05) is 12.1 Å². The van der Waals surface area contributed by atoms with E-state index in [0.29, 0.717) is 11.5 Å². The molecule has 1 aromatic carbocycles. The van der Waals surface area contributed by atoms with Gasteiger partial charge in [-0.2, -0.15) is 0 Å². The Kier molecular flexibility index (Phi) is 5.49. The summed E-state index contributed by atoms with van der Waals surface area (Å²) in [5.74, 6) is 6.58. The first-order valence-corrected chi connectivity index (χ1v) is 7.08. The Morgan fingerprint density at radius 3 is 2.50 bits per heavy atom. The second-order valence-corrected chi connectivity index (χ2v) is 5.22. The van der Waals surface area contributed by atoms with E-state index in [1.165, 1.54) is 0 Å². The topological polar surface area (TPSA) is 64.6 Å². The summed E-state index contributed by atoms with van der Waals surface area (Å²) in [5, 5.41) is 0. The van der Waals surface area contributed by atoms with Crippen molar-refractivity contribution in [2.45, 2.75) is 0 Å². The van der Waals surface area contributed by atoms with Crippen molar-refractivity contribution < 1.29 is 17.9 Å². The van der Waals surface area contributed by atoms with E-state index in [4.69, 9.17) is 9.47 Å². The molecule has 0 saturated carbocycles. The third kappa shape index (κ3) is 5.57. The van der Waals surface area contributed by atoms with Gasteiger partial charge in [0.1, 0.15) is 6.61 Å². The highest BCUT2D eigenvalue weighted by molar-refractivity contribution is 7.88. The fourth-order valence-corrected chi connectivity index (χ4v) is 1.47. The molecule has 1 aromatic rings. The van der Waals surface area contributed by atoms with Crippen molar-refractivity contribution in [1.82, 2.24) is 4.72 Å². The maximum Gasteiger partial charge on any atom is 0.209 e. The Bertz CT molecular complexity index is 543. The number of nitrogens with one attached hydrogen (secondary N) is 1. The van der Waals surface area contributed by atoms with E-state index in [9.17, 15) is 8.42 Å². The fourth-order valence-electron chi connectivity index (χ4n) is 1.13. The van der Waals surface area contributed by atoms with E-state index in [-0.39, 0.29) is 13.2 Å². The van der Waals surface area contributed by atoms with Gasteiger partial charge in [-0.3, -0.25) is 0 Å². The van der Waals surface area contributed by atoms with Crippen molar-refractivity contribution >= 4 is 10.0 Å². The Hall–Kier alpha value is -1.71. The Balaban J connectivity index is 2.40. The number of hydrogen-bond donors (Lipinski definition) is 1. The molecular weight excluding hydrogens is 254 g/mol. The van der Waals surface area contributed by atoms with Gasteiger partial charge in [-0.05, 0) is 12.1 Å². The molecule has 0 aromatic heterocycles. The lowest BCUT2D eigenvalue weighted by Crippen LogP contribution is -2.21. The van der Waals surface area contributed by atoms with Crippen LogP contribution in [-0.2, 0) is 10.0 Å². The van der Waals surface area contributed by atoms with E-state index < -0.39 is 10.0 Å². The molecule has 1 N–H and O–H groups in total. The summed E-state index contributed by atoms with van der Waals surface area (Å²) in [6.07, 6.45) is 1.08. The standard InChI is InChI=1S/C12H15NO4S/c1-16-11-7-3-4-8-12(11)17-10-6-5-9-13-18(2,14)15/h3-4,7-8,13H,9-10H2,1-2H3. The summed E-state index contributed by atoms with van der Waals surface area (Å²) in [6, 6.07) is 7.23. The average Bonchev–Trinajstić information content (AvgIpc) is 2.32. The molecule has 1 rings (SSSR count). The molecule has 0 spiro atoms.